The van der Waals surface area contributed by atoms with Crippen molar-refractivity contribution in [1.29, 1.82) is 0 Å². The molecule has 41 heavy (non-hydrogen) atoms. The van der Waals surface area contributed by atoms with E-state index in [2.05, 4.69) is 24.7 Å². The highest BCUT2D eigenvalue weighted by molar-refractivity contribution is 6.31. The van der Waals surface area contributed by atoms with Gasteiger partial charge in [0.25, 0.3) is 0 Å². The van der Waals surface area contributed by atoms with Gasteiger partial charge in [-0.05, 0) is 36.4 Å². The van der Waals surface area contributed by atoms with Crippen molar-refractivity contribution in [2.24, 2.45) is 0 Å². The maximum absolute atomic E-state index is 13.3. The molecule has 0 bridgehead atoms. The maximum Gasteiger partial charge on any atom is 0.435 e. The Morgan fingerprint density at radius 3 is 1.73 bits per heavy atom. The lowest BCUT2D eigenvalue weighted by atomic mass is 10.1. The molecule has 16 heteroatoms. The number of hydrogen-bond donors (Lipinski definition) is 0. The third-order valence-corrected chi connectivity index (χ3v) is 5.61. The number of hydrogen-bond acceptors (Lipinski definition) is 6. The standard InChI is InChI=1S/C14H9F4N3O2.C11H5ClF4N2/c15-9-5-8(6-19-7-9)10-1-2-11(12(20-10)14(16,17)18)21-3-4-23-13(21)22;12-8-1-2-9(18-10(8)11(14,15)16)6-3-7(13)5-17-4-6/h1-2,5-7H,3-4H2;1-5H. The highest BCUT2D eigenvalue weighted by atomic mass is 35.5. The van der Waals surface area contributed by atoms with Crippen LogP contribution in [0.25, 0.3) is 22.5 Å². The molecule has 214 valence electrons. The first kappa shape index (κ1) is 29.6. The molecule has 0 aromatic carbocycles. The SMILES string of the molecule is Fc1cncc(-c2ccc(Cl)c(C(F)(F)F)n2)c1.O=C1OCCN1c1ccc(-c2cncc(F)c2)nc1C(F)(F)F. The zero-order chi connectivity index (χ0) is 29.9. The fourth-order valence-corrected chi connectivity index (χ4v) is 3.77. The fourth-order valence-electron chi connectivity index (χ4n) is 3.56. The summed E-state index contributed by atoms with van der Waals surface area (Å²) in [4.78, 5) is 26.4. The van der Waals surface area contributed by atoms with Crippen molar-refractivity contribution in [2.45, 2.75) is 12.4 Å². The second-order valence-electron chi connectivity index (χ2n) is 8.14. The smallest absolute Gasteiger partial charge is 0.435 e. The molecule has 0 unspecified atom stereocenters. The number of cyclic esters (lactones) is 1. The number of aromatic nitrogens is 4. The van der Waals surface area contributed by atoms with Crippen LogP contribution in [0.3, 0.4) is 0 Å². The first-order valence-corrected chi connectivity index (χ1v) is 11.6. The Morgan fingerprint density at radius 1 is 0.756 bits per heavy atom. The number of halogens is 9. The molecule has 0 N–H and O–H groups in total. The monoisotopic (exact) mass is 603 g/mol. The van der Waals surface area contributed by atoms with E-state index < -0.39 is 52.2 Å². The summed E-state index contributed by atoms with van der Waals surface area (Å²) in [6, 6.07) is 6.80. The minimum absolute atomic E-state index is 0.00443. The largest absolute Gasteiger partial charge is 0.447 e. The van der Waals surface area contributed by atoms with Gasteiger partial charge in [0.2, 0.25) is 0 Å². The van der Waals surface area contributed by atoms with Crippen LogP contribution < -0.4 is 4.90 Å². The topological polar surface area (TPSA) is 81.1 Å². The van der Waals surface area contributed by atoms with Gasteiger partial charge in [-0.25, -0.2) is 23.5 Å². The molecule has 5 rings (SSSR count). The lowest BCUT2D eigenvalue weighted by Crippen LogP contribution is -2.27. The van der Waals surface area contributed by atoms with Crippen LogP contribution in [-0.2, 0) is 17.1 Å². The summed E-state index contributed by atoms with van der Waals surface area (Å²) in [6.07, 6.45) is -6.00. The Labute approximate surface area is 230 Å². The summed E-state index contributed by atoms with van der Waals surface area (Å²) in [6.45, 7) is 0.0101. The van der Waals surface area contributed by atoms with Gasteiger partial charge in [-0.15, -0.1) is 0 Å². The number of carbonyl (C=O) groups is 1. The van der Waals surface area contributed by atoms with E-state index >= 15 is 0 Å². The third-order valence-electron chi connectivity index (χ3n) is 5.31. The van der Waals surface area contributed by atoms with Gasteiger partial charge < -0.3 is 4.74 Å². The highest BCUT2D eigenvalue weighted by Crippen LogP contribution is 2.38. The van der Waals surface area contributed by atoms with Crippen molar-refractivity contribution in [3.63, 3.8) is 0 Å². The van der Waals surface area contributed by atoms with E-state index in [1.165, 1.54) is 24.5 Å². The number of alkyl halides is 6. The summed E-state index contributed by atoms with van der Waals surface area (Å²) < 4.78 is 108. The van der Waals surface area contributed by atoms with Crippen molar-refractivity contribution in [2.75, 3.05) is 18.1 Å². The number of rotatable bonds is 3. The lowest BCUT2D eigenvalue weighted by Gasteiger charge is -2.19. The van der Waals surface area contributed by atoms with Gasteiger partial charge in [-0.1, -0.05) is 11.6 Å². The number of pyridine rings is 4. The van der Waals surface area contributed by atoms with Crippen LogP contribution in [-0.4, -0.2) is 39.2 Å². The normalized spacial score (nSPS) is 13.5. The lowest BCUT2D eigenvalue weighted by molar-refractivity contribution is -0.141. The van der Waals surface area contributed by atoms with Crippen molar-refractivity contribution in [1.82, 2.24) is 19.9 Å². The minimum Gasteiger partial charge on any atom is -0.447 e. The molecular weight excluding hydrogens is 590 g/mol. The molecule has 1 saturated heterocycles. The van der Waals surface area contributed by atoms with E-state index in [1.807, 2.05) is 0 Å². The average Bonchev–Trinajstić information content (AvgIpc) is 3.33. The summed E-state index contributed by atoms with van der Waals surface area (Å²) in [5, 5.41) is -0.504. The van der Waals surface area contributed by atoms with Crippen LogP contribution in [0.15, 0.2) is 61.2 Å². The van der Waals surface area contributed by atoms with Crippen LogP contribution in [0, 0.1) is 11.6 Å². The van der Waals surface area contributed by atoms with Gasteiger partial charge in [0.1, 0.15) is 18.2 Å². The Balaban J connectivity index is 0.000000195. The molecule has 0 aliphatic carbocycles. The van der Waals surface area contributed by atoms with Crippen LogP contribution in [0.5, 0.6) is 0 Å². The Kier molecular flexibility index (Phi) is 8.37. The van der Waals surface area contributed by atoms with E-state index in [1.54, 1.807) is 0 Å². The number of carbonyl (C=O) groups excluding carboxylic acids is 1. The predicted octanol–water partition coefficient (Wildman–Crippen LogP) is 7.21. The summed E-state index contributed by atoms with van der Waals surface area (Å²) >= 11 is 5.43. The van der Waals surface area contributed by atoms with Gasteiger partial charge in [-0.3, -0.25) is 14.9 Å². The molecular formula is C25H14ClF8N5O2. The van der Waals surface area contributed by atoms with Crippen LogP contribution in [0.4, 0.5) is 45.6 Å². The predicted molar refractivity (Wildman–Crippen MR) is 129 cm³/mol. The molecule has 7 nitrogen and oxygen atoms in total. The second-order valence-corrected chi connectivity index (χ2v) is 8.54. The molecule has 4 aromatic rings. The molecule has 0 radical (unpaired) electrons. The number of ether oxygens (including phenoxy) is 1. The Hall–Kier alpha value is -4.40. The quantitative estimate of drug-likeness (QED) is 0.230. The highest BCUT2D eigenvalue weighted by Gasteiger charge is 2.40. The molecule has 4 aromatic heterocycles. The first-order chi connectivity index (χ1) is 19.2. The third kappa shape index (κ3) is 7.03. The van der Waals surface area contributed by atoms with E-state index in [9.17, 15) is 39.9 Å². The van der Waals surface area contributed by atoms with Crippen LogP contribution in [0.2, 0.25) is 5.02 Å². The van der Waals surface area contributed by atoms with Crippen molar-refractivity contribution in [3.05, 3.63) is 89.2 Å². The average molecular weight is 604 g/mol. The second kappa shape index (κ2) is 11.6. The van der Waals surface area contributed by atoms with Gasteiger partial charge in [0, 0.05) is 23.5 Å². The fraction of sp³-hybridized carbons (Fsp3) is 0.160. The van der Waals surface area contributed by atoms with Crippen molar-refractivity contribution >= 4 is 23.4 Å². The molecule has 1 amide bonds. The number of anilines is 1. The molecule has 5 heterocycles. The van der Waals surface area contributed by atoms with E-state index in [-0.39, 0.29) is 35.7 Å². The van der Waals surface area contributed by atoms with Crippen LogP contribution in [0.1, 0.15) is 11.4 Å². The van der Waals surface area contributed by atoms with Gasteiger partial charge in [0.15, 0.2) is 11.4 Å². The van der Waals surface area contributed by atoms with Crippen LogP contribution >= 0.6 is 11.6 Å². The number of nitrogens with zero attached hydrogens (tertiary/aromatic N) is 5. The molecule has 1 aliphatic heterocycles. The zero-order valence-corrected chi connectivity index (χ0v) is 20.9. The van der Waals surface area contributed by atoms with E-state index in [0.717, 1.165) is 41.6 Å². The van der Waals surface area contributed by atoms with E-state index in [4.69, 9.17) is 11.6 Å². The molecule has 1 fully saturated rings. The summed E-state index contributed by atoms with van der Waals surface area (Å²) in [7, 11) is 0. The number of amides is 1. The molecule has 0 saturated carbocycles. The summed E-state index contributed by atoms with van der Waals surface area (Å²) in [5.74, 6) is -1.34. The van der Waals surface area contributed by atoms with Gasteiger partial charge in [-0.2, -0.15) is 26.3 Å². The van der Waals surface area contributed by atoms with Gasteiger partial charge >= 0.3 is 18.4 Å². The zero-order valence-electron chi connectivity index (χ0n) is 20.1. The Bertz CT molecular complexity index is 1580. The molecule has 1 aliphatic rings. The van der Waals surface area contributed by atoms with Gasteiger partial charge in [0.05, 0.1) is 41.0 Å². The molecule has 0 atom stereocenters. The molecule has 0 spiro atoms. The van der Waals surface area contributed by atoms with Crippen molar-refractivity contribution in [3.8, 4) is 22.5 Å². The van der Waals surface area contributed by atoms with Crippen molar-refractivity contribution < 1.29 is 44.7 Å². The first-order valence-electron chi connectivity index (χ1n) is 11.2. The summed E-state index contributed by atoms with van der Waals surface area (Å²) in [5.41, 5.74) is -2.72. The minimum atomic E-state index is -4.78. The van der Waals surface area contributed by atoms with E-state index in [0.29, 0.717) is 0 Å². The maximum atomic E-state index is 13.3. The Morgan fingerprint density at radius 2 is 1.27 bits per heavy atom.